The van der Waals surface area contributed by atoms with Gasteiger partial charge in [-0.15, -0.1) is 0 Å². The lowest BCUT2D eigenvalue weighted by molar-refractivity contribution is -0.132. The van der Waals surface area contributed by atoms with Gasteiger partial charge in [-0.25, -0.2) is 4.79 Å². The summed E-state index contributed by atoms with van der Waals surface area (Å²) in [6.45, 7) is 0. The second-order valence-corrected chi connectivity index (χ2v) is 4.03. The third-order valence-electron chi connectivity index (χ3n) is 0.833. The van der Waals surface area contributed by atoms with Crippen molar-refractivity contribution >= 4 is 37.8 Å². The molecule has 2 nitrogen and oxygen atoms in total. The van der Waals surface area contributed by atoms with Gasteiger partial charge in [-0.3, -0.25) is 0 Å². The van der Waals surface area contributed by atoms with E-state index in [-0.39, 0.29) is 5.97 Å². The Morgan fingerprint density at radius 2 is 2.22 bits per heavy atom. The molecule has 0 aromatic heterocycles. The van der Waals surface area contributed by atoms with Crippen molar-refractivity contribution in [2.24, 2.45) is 0 Å². The average Bonchev–Trinajstić information content (AvgIpc) is 2.13. The number of hydrogen-bond acceptors (Lipinski definition) is 2. The molecule has 0 unspecified atom stereocenters. The van der Waals surface area contributed by atoms with E-state index >= 15 is 0 Å². The number of carbonyl (C=O) groups excluding carboxylic acids is 1. The van der Waals surface area contributed by atoms with E-state index in [1.165, 1.54) is 6.26 Å². The van der Waals surface area contributed by atoms with Crippen LogP contribution >= 0.6 is 31.9 Å². The fourth-order valence-corrected chi connectivity index (χ4v) is 1.02. The summed E-state index contributed by atoms with van der Waals surface area (Å²) in [7, 11) is 0. The van der Waals surface area contributed by atoms with Gasteiger partial charge >= 0.3 is 5.97 Å². The van der Waals surface area contributed by atoms with Crippen molar-refractivity contribution in [2.45, 2.75) is 0 Å². The Labute approximate surface area is 68.8 Å². The second kappa shape index (κ2) is 2.66. The lowest BCUT2D eigenvalue weighted by Crippen LogP contribution is -1.94. The molecular weight excluding hydrogens is 252 g/mol. The molecule has 0 radical (unpaired) electrons. The van der Waals surface area contributed by atoms with Crippen molar-refractivity contribution in [3.63, 3.8) is 0 Å². The molecular formula is C5H2Br2O2. The van der Waals surface area contributed by atoms with E-state index in [9.17, 15) is 4.79 Å². The number of carbonyl (C=O) groups is 1. The van der Waals surface area contributed by atoms with Gasteiger partial charge in [0.25, 0.3) is 0 Å². The Bertz CT molecular complexity index is 201. The maximum atomic E-state index is 10.6. The van der Waals surface area contributed by atoms with Crippen molar-refractivity contribution in [3.8, 4) is 0 Å². The molecule has 1 heterocycles. The molecule has 0 saturated carbocycles. The summed E-state index contributed by atoms with van der Waals surface area (Å²) in [5.74, 6) is -0.334. The third-order valence-corrected chi connectivity index (χ3v) is 1.69. The van der Waals surface area contributed by atoms with Gasteiger partial charge in [0, 0.05) is 0 Å². The van der Waals surface area contributed by atoms with Gasteiger partial charge in [-0.1, -0.05) is 0 Å². The van der Waals surface area contributed by atoms with Gasteiger partial charge < -0.3 is 4.74 Å². The first-order valence-electron chi connectivity index (χ1n) is 2.14. The van der Waals surface area contributed by atoms with E-state index in [1.807, 2.05) is 0 Å². The zero-order valence-corrected chi connectivity index (χ0v) is 7.40. The predicted octanol–water partition coefficient (Wildman–Crippen LogP) is 2.06. The molecule has 0 aromatic carbocycles. The van der Waals surface area contributed by atoms with Crippen LogP contribution < -0.4 is 0 Å². The van der Waals surface area contributed by atoms with Crippen LogP contribution in [0.3, 0.4) is 0 Å². The Morgan fingerprint density at radius 1 is 1.56 bits per heavy atom. The van der Waals surface area contributed by atoms with Crippen LogP contribution in [0.4, 0.5) is 0 Å². The van der Waals surface area contributed by atoms with Gasteiger partial charge in [-0.2, -0.15) is 0 Å². The highest BCUT2D eigenvalue weighted by molar-refractivity contribution is 9.28. The minimum atomic E-state index is -0.334. The lowest BCUT2D eigenvalue weighted by atomic mass is 10.3. The topological polar surface area (TPSA) is 26.3 Å². The Hall–Kier alpha value is -0.0900. The molecule has 0 N–H and O–H groups in total. The monoisotopic (exact) mass is 252 g/mol. The van der Waals surface area contributed by atoms with Gasteiger partial charge in [-0.05, 0) is 37.9 Å². The highest BCUT2D eigenvalue weighted by Gasteiger charge is 2.15. The van der Waals surface area contributed by atoms with E-state index in [0.717, 1.165) is 0 Å². The molecule has 1 aliphatic rings. The fraction of sp³-hybridized carbons (Fsp3) is 0. The van der Waals surface area contributed by atoms with Crippen molar-refractivity contribution in [1.82, 2.24) is 0 Å². The summed E-state index contributed by atoms with van der Waals surface area (Å²) >= 11 is 6.17. The van der Waals surface area contributed by atoms with Gasteiger partial charge in [0.05, 0.1) is 15.2 Å². The number of cyclic esters (lactones) is 1. The zero-order valence-electron chi connectivity index (χ0n) is 4.23. The quantitative estimate of drug-likeness (QED) is 0.488. The first-order valence-corrected chi connectivity index (χ1v) is 3.73. The fourth-order valence-electron chi connectivity index (χ4n) is 0.436. The normalized spacial score (nSPS) is 16.2. The first-order chi connectivity index (χ1) is 4.22. The molecule has 4 heteroatoms. The van der Waals surface area contributed by atoms with Gasteiger partial charge in [0.1, 0.15) is 0 Å². The highest BCUT2D eigenvalue weighted by Crippen LogP contribution is 2.23. The number of esters is 1. The molecule has 1 aliphatic heterocycles. The van der Waals surface area contributed by atoms with E-state index in [2.05, 4.69) is 36.6 Å². The van der Waals surface area contributed by atoms with Crippen LogP contribution in [0.5, 0.6) is 0 Å². The number of rotatable bonds is 0. The third kappa shape index (κ3) is 1.43. The van der Waals surface area contributed by atoms with Crippen molar-refractivity contribution < 1.29 is 9.53 Å². The Kier molecular flexibility index (Phi) is 2.08. The van der Waals surface area contributed by atoms with E-state index < -0.39 is 0 Å². The highest BCUT2D eigenvalue weighted by atomic mass is 79.9. The molecule has 0 bridgehead atoms. The molecule has 9 heavy (non-hydrogen) atoms. The standard InChI is InChI=1S/C5H2Br2O2/c6-4(7)3-1-2-9-5(3)8/h1-2H. The van der Waals surface area contributed by atoms with Crippen LogP contribution in [0.1, 0.15) is 0 Å². The summed E-state index contributed by atoms with van der Waals surface area (Å²) in [5.41, 5.74) is 0.509. The summed E-state index contributed by atoms with van der Waals surface area (Å²) in [6, 6.07) is 0. The predicted molar refractivity (Wildman–Crippen MR) is 40.1 cm³/mol. The number of ether oxygens (including phenoxy) is 1. The second-order valence-electron chi connectivity index (χ2n) is 1.38. The molecule has 0 amide bonds. The molecule has 0 aromatic rings. The van der Waals surface area contributed by atoms with Crippen LogP contribution in [0.15, 0.2) is 21.3 Å². The summed E-state index contributed by atoms with van der Waals surface area (Å²) in [6.07, 6.45) is 2.93. The molecule has 1 rings (SSSR count). The molecule has 0 saturated heterocycles. The Morgan fingerprint density at radius 3 is 2.44 bits per heavy atom. The number of halogens is 2. The van der Waals surface area contributed by atoms with Crippen molar-refractivity contribution in [1.29, 1.82) is 0 Å². The average molecular weight is 254 g/mol. The van der Waals surface area contributed by atoms with Crippen LogP contribution in [-0.4, -0.2) is 5.97 Å². The van der Waals surface area contributed by atoms with Crippen LogP contribution in [0, 0.1) is 0 Å². The molecule has 0 spiro atoms. The summed E-state index contributed by atoms with van der Waals surface area (Å²) < 4.78 is 5.11. The largest absolute Gasteiger partial charge is 0.431 e. The van der Waals surface area contributed by atoms with Gasteiger partial charge in [0.15, 0.2) is 0 Å². The van der Waals surface area contributed by atoms with Crippen LogP contribution in [0.2, 0.25) is 0 Å². The molecule has 0 atom stereocenters. The van der Waals surface area contributed by atoms with E-state index in [1.54, 1.807) is 6.08 Å². The maximum absolute atomic E-state index is 10.6. The van der Waals surface area contributed by atoms with Crippen molar-refractivity contribution in [3.05, 3.63) is 21.3 Å². The lowest BCUT2D eigenvalue weighted by Gasteiger charge is -1.88. The summed E-state index contributed by atoms with van der Waals surface area (Å²) in [5, 5.41) is 0. The summed E-state index contributed by atoms with van der Waals surface area (Å²) in [4.78, 5) is 10.6. The minimum Gasteiger partial charge on any atom is -0.431 e. The van der Waals surface area contributed by atoms with Crippen LogP contribution in [-0.2, 0) is 9.53 Å². The molecule has 48 valence electrons. The van der Waals surface area contributed by atoms with E-state index in [4.69, 9.17) is 0 Å². The molecule has 0 aliphatic carbocycles. The maximum Gasteiger partial charge on any atom is 0.344 e. The zero-order chi connectivity index (χ0) is 6.85. The smallest absolute Gasteiger partial charge is 0.344 e. The van der Waals surface area contributed by atoms with Crippen molar-refractivity contribution in [2.75, 3.05) is 0 Å². The first kappa shape index (κ1) is 7.02. The Balaban J connectivity index is 2.95. The SMILES string of the molecule is O=C1OC=CC1=C(Br)Br. The van der Waals surface area contributed by atoms with E-state index in [0.29, 0.717) is 8.96 Å². The van der Waals surface area contributed by atoms with Crippen LogP contribution in [0.25, 0.3) is 0 Å². The molecule has 0 fully saturated rings. The number of hydrogen-bond donors (Lipinski definition) is 0. The minimum absolute atomic E-state index is 0.334. The van der Waals surface area contributed by atoms with Gasteiger partial charge in [0.2, 0.25) is 0 Å².